The summed E-state index contributed by atoms with van der Waals surface area (Å²) in [6, 6.07) is 6.30. The monoisotopic (exact) mass is 396 g/mol. The first-order valence-electron chi connectivity index (χ1n) is 9.64. The van der Waals surface area contributed by atoms with E-state index in [0.29, 0.717) is 23.3 Å². The smallest absolute Gasteiger partial charge is 0.251 e. The molecule has 0 heterocycles. The average molecular weight is 397 g/mol. The van der Waals surface area contributed by atoms with Crippen molar-refractivity contribution in [2.45, 2.75) is 51.0 Å². The van der Waals surface area contributed by atoms with E-state index in [1.807, 2.05) is 0 Å². The summed E-state index contributed by atoms with van der Waals surface area (Å²) in [5.74, 6) is 1.32. The molecule has 27 heavy (non-hydrogen) atoms. The molecule has 2 rings (SSSR count). The van der Waals surface area contributed by atoms with E-state index in [1.165, 1.54) is 25.7 Å². The van der Waals surface area contributed by atoms with E-state index < -0.39 is 10.0 Å². The standard InChI is InChI=1S/C20H32N2O4S/c1-14(2)18-9-8-15(3)12-19(18)22-20(23)16-6-5-7-17(13-16)27(24,25)21-10-11-26-4/h5-7,13-15,18-19,21H,8-12H2,1-4H3,(H,22,23). The number of amides is 1. The highest BCUT2D eigenvalue weighted by atomic mass is 32.2. The van der Waals surface area contributed by atoms with Gasteiger partial charge in [-0.3, -0.25) is 4.79 Å². The molecule has 1 aliphatic carbocycles. The van der Waals surface area contributed by atoms with Gasteiger partial charge >= 0.3 is 0 Å². The summed E-state index contributed by atoms with van der Waals surface area (Å²) >= 11 is 0. The molecule has 3 unspecified atom stereocenters. The molecule has 7 heteroatoms. The fraction of sp³-hybridized carbons (Fsp3) is 0.650. The number of methoxy groups -OCH3 is 1. The van der Waals surface area contributed by atoms with Crippen molar-refractivity contribution < 1.29 is 17.9 Å². The van der Waals surface area contributed by atoms with E-state index >= 15 is 0 Å². The van der Waals surface area contributed by atoms with Gasteiger partial charge in [0.05, 0.1) is 11.5 Å². The third kappa shape index (κ3) is 6.02. The van der Waals surface area contributed by atoms with Gasteiger partial charge in [0.25, 0.3) is 5.91 Å². The predicted octanol–water partition coefficient (Wildman–Crippen LogP) is 2.80. The van der Waals surface area contributed by atoms with E-state index in [9.17, 15) is 13.2 Å². The number of carbonyl (C=O) groups excluding carboxylic acids is 1. The second kappa shape index (κ2) is 9.66. The molecule has 1 saturated carbocycles. The Morgan fingerprint density at radius 1 is 1.30 bits per heavy atom. The lowest BCUT2D eigenvalue weighted by Crippen LogP contribution is -2.45. The van der Waals surface area contributed by atoms with Gasteiger partial charge in [-0.2, -0.15) is 0 Å². The topological polar surface area (TPSA) is 84.5 Å². The van der Waals surface area contributed by atoms with Gasteiger partial charge in [0.1, 0.15) is 0 Å². The van der Waals surface area contributed by atoms with Crippen molar-refractivity contribution in [2.75, 3.05) is 20.3 Å². The quantitative estimate of drug-likeness (QED) is 0.662. The summed E-state index contributed by atoms with van der Waals surface area (Å²) in [6.45, 7) is 7.08. The van der Waals surface area contributed by atoms with Crippen LogP contribution in [0.15, 0.2) is 29.2 Å². The third-order valence-corrected chi connectivity index (χ3v) is 6.80. The molecule has 1 aromatic rings. The van der Waals surface area contributed by atoms with Crippen LogP contribution in [-0.2, 0) is 14.8 Å². The number of carbonyl (C=O) groups is 1. The Labute approximate surface area is 163 Å². The molecular formula is C20H32N2O4S. The first-order chi connectivity index (χ1) is 12.7. The molecule has 0 bridgehead atoms. The maximum absolute atomic E-state index is 12.8. The Kier molecular flexibility index (Phi) is 7.82. The van der Waals surface area contributed by atoms with E-state index in [0.717, 1.165) is 12.8 Å². The van der Waals surface area contributed by atoms with Crippen molar-refractivity contribution in [3.05, 3.63) is 29.8 Å². The van der Waals surface area contributed by atoms with Crippen LogP contribution in [0.2, 0.25) is 0 Å². The summed E-state index contributed by atoms with van der Waals surface area (Å²) < 4.78 is 32.0. The van der Waals surface area contributed by atoms with E-state index in [-0.39, 0.29) is 30.0 Å². The summed E-state index contributed by atoms with van der Waals surface area (Å²) in [7, 11) is -2.15. The van der Waals surface area contributed by atoms with Crippen LogP contribution < -0.4 is 10.0 Å². The fourth-order valence-corrected chi connectivity index (χ4v) is 4.84. The Hall–Kier alpha value is -1.44. The van der Waals surface area contributed by atoms with Gasteiger partial charge in [0.15, 0.2) is 0 Å². The fourth-order valence-electron chi connectivity index (χ4n) is 3.79. The Morgan fingerprint density at radius 3 is 2.70 bits per heavy atom. The summed E-state index contributed by atoms with van der Waals surface area (Å²) in [6.07, 6.45) is 3.27. The molecule has 6 nitrogen and oxygen atoms in total. The van der Waals surface area contributed by atoms with Crippen LogP contribution in [0.5, 0.6) is 0 Å². The number of benzene rings is 1. The van der Waals surface area contributed by atoms with Crippen molar-refractivity contribution in [1.82, 2.24) is 10.0 Å². The number of nitrogens with one attached hydrogen (secondary N) is 2. The second-order valence-electron chi connectivity index (χ2n) is 7.82. The maximum atomic E-state index is 12.8. The average Bonchev–Trinajstić information content (AvgIpc) is 2.61. The van der Waals surface area contributed by atoms with Crippen LogP contribution >= 0.6 is 0 Å². The van der Waals surface area contributed by atoms with Gasteiger partial charge in [0, 0.05) is 25.3 Å². The lowest BCUT2D eigenvalue weighted by atomic mass is 9.74. The van der Waals surface area contributed by atoms with Crippen molar-refractivity contribution in [2.24, 2.45) is 17.8 Å². The molecule has 0 aliphatic heterocycles. The van der Waals surface area contributed by atoms with Gasteiger partial charge in [-0.25, -0.2) is 13.1 Å². The van der Waals surface area contributed by atoms with Gasteiger partial charge in [-0.15, -0.1) is 0 Å². The normalized spacial score (nSPS) is 23.4. The number of hydrogen-bond acceptors (Lipinski definition) is 4. The molecule has 1 aliphatic rings. The number of hydrogen-bond donors (Lipinski definition) is 2. The molecule has 0 spiro atoms. The summed E-state index contributed by atoms with van der Waals surface area (Å²) in [4.78, 5) is 12.9. The highest BCUT2D eigenvalue weighted by Crippen LogP contribution is 2.33. The molecule has 1 fully saturated rings. The molecule has 0 radical (unpaired) electrons. The Balaban J connectivity index is 2.12. The summed E-state index contributed by atoms with van der Waals surface area (Å²) in [5, 5.41) is 3.15. The summed E-state index contributed by atoms with van der Waals surface area (Å²) in [5.41, 5.74) is 0.366. The molecule has 0 aromatic heterocycles. The number of ether oxygens (including phenoxy) is 1. The SMILES string of the molecule is COCCNS(=O)(=O)c1cccc(C(=O)NC2CC(C)CCC2C(C)C)c1. The molecule has 2 N–H and O–H groups in total. The zero-order valence-electron chi connectivity index (χ0n) is 16.7. The van der Waals surface area contributed by atoms with Crippen molar-refractivity contribution in [3.8, 4) is 0 Å². The van der Waals surface area contributed by atoms with E-state index in [1.54, 1.807) is 12.1 Å². The van der Waals surface area contributed by atoms with Gasteiger partial charge in [0.2, 0.25) is 10.0 Å². The van der Waals surface area contributed by atoms with Crippen molar-refractivity contribution in [3.63, 3.8) is 0 Å². The van der Waals surface area contributed by atoms with Crippen LogP contribution in [0.25, 0.3) is 0 Å². The van der Waals surface area contributed by atoms with Gasteiger partial charge < -0.3 is 10.1 Å². The Morgan fingerprint density at radius 2 is 2.04 bits per heavy atom. The van der Waals surface area contributed by atoms with Crippen LogP contribution in [0, 0.1) is 17.8 Å². The van der Waals surface area contributed by atoms with Crippen molar-refractivity contribution in [1.29, 1.82) is 0 Å². The zero-order valence-corrected chi connectivity index (χ0v) is 17.5. The number of sulfonamides is 1. The molecule has 152 valence electrons. The van der Waals surface area contributed by atoms with Crippen LogP contribution in [0.3, 0.4) is 0 Å². The third-order valence-electron chi connectivity index (χ3n) is 5.34. The first kappa shape index (κ1) is 21.9. The first-order valence-corrected chi connectivity index (χ1v) is 11.1. The molecule has 0 saturated heterocycles. The zero-order chi connectivity index (χ0) is 20.0. The molecular weight excluding hydrogens is 364 g/mol. The minimum atomic E-state index is -3.66. The highest BCUT2D eigenvalue weighted by Gasteiger charge is 2.32. The maximum Gasteiger partial charge on any atom is 0.251 e. The van der Waals surface area contributed by atoms with E-state index in [2.05, 4.69) is 30.8 Å². The number of rotatable bonds is 8. The Bertz CT molecular complexity index is 733. The minimum Gasteiger partial charge on any atom is -0.383 e. The van der Waals surface area contributed by atoms with Crippen LogP contribution in [0.1, 0.15) is 50.4 Å². The highest BCUT2D eigenvalue weighted by molar-refractivity contribution is 7.89. The van der Waals surface area contributed by atoms with E-state index in [4.69, 9.17) is 4.74 Å². The lowest BCUT2D eigenvalue weighted by Gasteiger charge is -2.37. The lowest BCUT2D eigenvalue weighted by molar-refractivity contribution is 0.0867. The molecule has 1 amide bonds. The van der Waals surface area contributed by atoms with Crippen LogP contribution in [-0.4, -0.2) is 40.6 Å². The van der Waals surface area contributed by atoms with Gasteiger partial charge in [-0.05, 0) is 48.8 Å². The predicted molar refractivity (Wildman–Crippen MR) is 106 cm³/mol. The van der Waals surface area contributed by atoms with Crippen molar-refractivity contribution >= 4 is 15.9 Å². The molecule has 1 aromatic carbocycles. The second-order valence-corrected chi connectivity index (χ2v) is 9.59. The minimum absolute atomic E-state index is 0.0867. The van der Waals surface area contributed by atoms with Crippen LogP contribution in [0.4, 0.5) is 0 Å². The molecule has 3 atom stereocenters. The largest absolute Gasteiger partial charge is 0.383 e. The van der Waals surface area contributed by atoms with Gasteiger partial charge in [-0.1, -0.05) is 33.3 Å².